The fourth-order valence-electron chi connectivity index (χ4n) is 1.57. The number of phenolic OH excluding ortho intramolecular Hbond substituents is 1. The molecule has 15 heavy (non-hydrogen) atoms. The molecule has 1 rings (SSSR count). The second-order valence-corrected chi connectivity index (χ2v) is 3.66. The van der Waals surface area contributed by atoms with E-state index in [-0.39, 0.29) is 18.4 Å². The number of hydrogen-bond acceptors (Lipinski definition) is 2. The van der Waals surface area contributed by atoms with Crippen LogP contribution in [-0.4, -0.2) is 5.11 Å². The topological polar surface area (TPSA) is 46.2 Å². The molecule has 3 N–H and O–H groups in total. The van der Waals surface area contributed by atoms with Crippen molar-refractivity contribution in [3.63, 3.8) is 0 Å². The largest absolute Gasteiger partial charge is 0.508 e. The molecule has 0 fully saturated rings. The average molecular weight is 230 g/mol. The number of halogens is 1. The third-order valence-corrected chi connectivity index (χ3v) is 2.45. The number of rotatable bonds is 5. The lowest BCUT2D eigenvalue weighted by Crippen LogP contribution is -2.10. The molecule has 0 bridgehead atoms. The van der Waals surface area contributed by atoms with Crippen LogP contribution in [0.4, 0.5) is 0 Å². The van der Waals surface area contributed by atoms with Gasteiger partial charge < -0.3 is 10.8 Å². The highest BCUT2D eigenvalue weighted by Gasteiger charge is 2.08. The van der Waals surface area contributed by atoms with Crippen molar-refractivity contribution in [2.24, 2.45) is 5.73 Å². The molecule has 0 aliphatic rings. The lowest BCUT2D eigenvalue weighted by Gasteiger charge is -2.12. The Hall–Kier alpha value is -0.730. The summed E-state index contributed by atoms with van der Waals surface area (Å²) in [5, 5.41) is 9.56. The molecule has 1 atom stereocenters. The molecule has 0 heterocycles. The van der Waals surface area contributed by atoms with Crippen molar-refractivity contribution >= 4 is 12.4 Å². The Bertz CT molecular complexity index is 278. The lowest BCUT2D eigenvalue weighted by molar-refractivity contribution is 0.456. The zero-order valence-corrected chi connectivity index (χ0v) is 9.96. The first kappa shape index (κ1) is 14.3. The van der Waals surface area contributed by atoms with E-state index in [2.05, 4.69) is 6.92 Å². The fourth-order valence-corrected chi connectivity index (χ4v) is 1.57. The van der Waals surface area contributed by atoms with Crippen molar-refractivity contribution in [2.75, 3.05) is 0 Å². The minimum absolute atomic E-state index is 0. The predicted octanol–water partition coefficient (Wildman–Crippen LogP) is 3.39. The van der Waals surface area contributed by atoms with Gasteiger partial charge in [-0.15, -0.1) is 12.4 Å². The maximum atomic E-state index is 9.56. The van der Waals surface area contributed by atoms with Gasteiger partial charge in [0, 0.05) is 11.6 Å². The molecule has 0 saturated carbocycles. The van der Waals surface area contributed by atoms with Crippen LogP contribution in [0.5, 0.6) is 5.75 Å². The molecule has 0 unspecified atom stereocenters. The molecule has 1 aromatic carbocycles. The van der Waals surface area contributed by atoms with Gasteiger partial charge in [-0.25, -0.2) is 0 Å². The third kappa shape index (κ3) is 4.54. The van der Waals surface area contributed by atoms with E-state index in [0.29, 0.717) is 5.75 Å². The van der Waals surface area contributed by atoms with Crippen LogP contribution < -0.4 is 5.73 Å². The minimum Gasteiger partial charge on any atom is -0.508 e. The Morgan fingerprint density at radius 2 is 1.93 bits per heavy atom. The Morgan fingerprint density at radius 3 is 2.53 bits per heavy atom. The number of nitrogens with two attached hydrogens (primary N) is 1. The van der Waals surface area contributed by atoms with Crippen molar-refractivity contribution < 1.29 is 5.11 Å². The highest BCUT2D eigenvalue weighted by molar-refractivity contribution is 5.85. The van der Waals surface area contributed by atoms with Gasteiger partial charge in [0.1, 0.15) is 5.75 Å². The van der Waals surface area contributed by atoms with E-state index in [1.54, 1.807) is 6.07 Å². The molecule has 0 spiro atoms. The molecule has 0 aliphatic carbocycles. The first-order valence-electron chi connectivity index (χ1n) is 5.29. The van der Waals surface area contributed by atoms with Gasteiger partial charge >= 0.3 is 0 Å². The minimum atomic E-state index is -0.0252. The van der Waals surface area contributed by atoms with Gasteiger partial charge in [-0.2, -0.15) is 0 Å². The average Bonchev–Trinajstić information content (AvgIpc) is 2.18. The van der Waals surface area contributed by atoms with E-state index in [1.165, 1.54) is 12.8 Å². The van der Waals surface area contributed by atoms with Crippen molar-refractivity contribution in [1.82, 2.24) is 0 Å². The van der Waals surface area contributed by atoms with E-state index in [4.69, 9.17) is 5.73 Å². The fraction of sp³-hybridized carbons (Fsp3) is 0.500. The first-order chi connectivity index (χ1) is 6.75. The number of para-hydroxylation sites is 1. The summed E-state index contributed by atoms with van der Waals surface area (Å²) in [6.45, 7) is 2.17. The lowest BCUT2D eigenvalue weighted by atomic mass is 10.0. The van der Waals surface area contributed by atoms with Gasteiger partial charge in [0.25, 0.3) is 0 Å². The number of phenols is 1. The summed E-state index contributed by atoms with van der Waals surface area (Å²) in [5.74, 6) is 0.316. The van der Waals surface area contributed by atoms with Gasteiger partial charge in [-0.05, 0) is 12.5 Å². The molecule has 0 aliphatic heterocycles. The Balaban J connectivity index is 0.00000196. The molecule has 0 radical (unpaired) electrons. The zero-order valence-electron chi connectivity index (χ0n) is 9.15. The highest BCUT2D eigenvalue weighted by atomic mass is 35.5. The molecular formula is C12H20ClNO. The number of benzene rings is 1. The van der Waals surface area contributed by atoms with E-state index in [1.807, 2.05) is 18.2 Å². The van der Waals surface area contributed by atoms with Crippen molar-refractivity contribution in [3.8, 4) is 5.75 Å². The van der Waals surface area contributed by atoms with Crippen molar-refractivity contribution in [2.45, 2.75) is 38.6 Å². The molecular weight excluding hydrogens is 210 g/mol. The summed E-state index contributed by atoms with van der Waals surface area (Å²) in [6, 6.07) is 7.29. The van der Waals surface area contributed by atoms with Gasteiger partial charge in [0.2, 0.25) is 0 Å². The standard InChI is InChI=1S/C12H19NO.ClH/c1-2-3-4-8-11(13)10-7-5-6-9-12(10)14;/h5-7,9,11,14H,2-4,8,13H2,1H3;1H/t11-;/m1./s1. The van der Waals surface area contributed by atoms with E-state index in [9.17, 15) is 5.11 Å². The van der Waals surface area contributed by atoms with Gasteiger partial charge in [0.05, 0.1) is 0 Å². The van der Waals surface area contributed by atoms with Gasteiger partial charge in [-0.1, -0.05) is 44.4 Å². The summed E-state index contributed by atoms with van der Waals surface area (Å²) in [6.07, 6.45) is 4.49. The summed E-state index contributed by atoms with van der Waals surface area (Å²) in [4.78, 5) is 0. The molecule has 86 valence electrons. The predicted molar refractivity (Wildman–Crippen MR) is 66.4 cm³/mol. The van der Waals surface area contributed by atoms with E-state index < -0.39 is 0 Å². The van der Waals surface area contributed by atoms with Gasteiger partial charge in [-0.3, -0.25) is 0 Å². The van der Waals surface area contributed by atoms with Crippen LogP contribution in [0.1, 0.15) is 44.2 Å². The molecule has 1 aromatic rings. The van der Waals surface area contributed by atoms with Crippen LogP contribution in [0.25, 0.3) is 0 Å². The van der Waals surface area contributed by atoms with Crippen LogP contribution in [-0.2, 0) is 0 Å². The molecule has 3 heteroatoms. The number of hydrogen-bond donors (Lipinski definition) is 2. The number of aromatic hydroxyl groups is 1. The van der Waals surface area contributed by atoms with Crippen LogP contribution in [0.2, 0.25) is 0 Å². The monoisotopic (exact) mass is 229 g/mol. The summed E-state index contributed by atoms with van der Waals surface area (Å²) in [7, 11) is 0. The number of unbranched alkanes of at least 4 members (excludes halogenated alkanes) is 2. The van der Waals surface area contributed by atoms with Crippen LogP contribution in [0, 0.1) is 0 Å². The maximum absolute atomic E-state index is 9.56. The van der Waals surface area contributed by atoms with E-state index >= 15 is 0 Å². The van der Waals surface area contributed by atoms with Crippen molar-refractivity contribution in [3.05, 3.63) is 29.8 Å². The molecule has 2 nitrogen and oxygen atoms in total. The van der Waals surface area contributed by atoms with Crippen molar-refractivity contribution in [1.29, 1.82) is 0 Å². The Kier molecular flexibility index (Phi) is 7.18. The second kappa shape index (κ2) is 7.55. The molecule has 0 aromatic heterocycles. The van der Waals surface area contributed by atoms with Crippen LogP contribution >= 0.6 is 12.4 Å². The van der Waals surface area contributed by atoms with Gasteiger partial charge in [0.15, 0.2) is 0 Å². The summed E-state index contributed by atoms with van der Waals surface area (Å²) in [5.41, 5.74) is 6.84. The highest BCUT2D eigenvalue weighted by Crippen LogP contribution is 2.25. The smallest absolute Gasteiger partial charge is 0.120 e. The normalized spacial score (nSPS) is 11.9. The van der Waals surface area contributed by atoms with E-state index in [0.717, 1.165) is 18.4 Å². The van der Waals surface area contributed by atoms with Crippen LogP contribution in [0.3, 0.4) is 0 Å². The third-order valence-electron chi connectivity index (χ3n) is 2.45. The van der Waals surface area contributed by atoms with Crippen LogP contribution in [0.15, 0.2) is 24.3 Å². The molecule has 0 amide bonds. The quantitative estimate of drug-likeness (QED) is 0.761. The zero-order chi connectivity index (χ0) is 10.4. The summed E-state index contributed by atoms with van der Waals surface area (Å²) >= 11 is 0. The maximum Gasteiger partial charge on any atom is 0.120 e. The first-order valence-corrected chi connectivity index (χ1v) is 5.29. The molecule has 0 saturated heterocycles. The second-order valence-electron chi connectivity index (χ2n) is 3.66. The Labute approximate surface area is 97.9 Å². The Morgan fingerprint density at radius 1 is 1.27 bits per heavy atom. The SMILES string of the molecule is CCCCC[C@@H](N)c1ccccc1O.Cl. The summed E-state index contributed by atoms with van der Waals surface area (Å²) < 4.78 is 0.